The van der Waals surface area contributed by atoms with Gasteiger partial charge < -0.3 is 0 Å². The van der Waals surface area contributed by atoms with Crippen molar-refractivity contribution in [2.24, 2.45) is 0 Å². The van der Waals surface area contributed by atoms with E-state index in [1.807, 2.05) is 0 Å². The van der Waals surface area contributed by atoms with Crippen LogP contribution < -0.4 is 0 Å². The summed E-state index contributed by atoms with van der Waals surface area (Å²) in [5.41, 5.74) is -2.67. The zero-order valence-corrected chi connectivity index (χ0v) is 10.7. The van der Waals surface area contributed by atoms with Gasteiger partial charge in [0.1, 0.15) is 16.7 Å². The maximum atomic E-state index is 13.2. The number of hydrogen-bond acceptors (Lipinski definition) is 3. The van der Waals surface area contributed by atoms with Gasteiger partial charge in [-0.15, -0.1) is 0 Å². The summed E-state index contributed by atoms with van der Waals surface area (Å²) in [7, 11) is 0. The molecule has 110 valence electrons. The maximum absolute atomic E-state index is 13.2. The fraction of sp³-hybridized carbons (Fsp3) is 0.0833. The van der Waals surface area contributed by atoms with E-state index < -0.39 is 28.2 Å². The van der Waals surface area contributed by atoms with Gasteiger partial charge in [0, 0.05) is 11.6 Å². The Kier molecular flexibility index (Phi) is 3.82. The van der Waals surface area contributed by atoms with Gasteiger partial charge in [0.15, 0.2) is 0 Å². The lowest BCUT2D eigenvalue weighted by Crippen LogP contribution is -2.08. The number of rotatable bonds is 2. The van der Waals surface area contributed by atoms with Crippen LogP contribution in [0.25, 0.3) is 11.3 Å². The fourth-order valence-electron chi connectivity index (χ4n) is 1.68. The maximum Gasteiger partial charge on any atom is 0.419 e. The van der Waals surface area contributed by atoms with E-state index in [0.717, 1.165) is 18.2 Å². The van der Waals surface area contributed by atoms with Crippen molar-refractivity contribution in [1.82, 2.24) is 4.98 Å². The molecule has 2 rings (SSSR count). The zero-order chi connectivity index (χ0) is 15.8. The van der Waals surface area contributed by atoms with Crippen molar-refractivity contribution >= 4 is 17.3 Å². The highest BCUT2D eigenvalue weighted by Gasteiger charge is 2.35. The Morgan fingerprint density at radius 3 is 2.43 bits per heavy atom. The monoisotopic (exact) mass is 320 g/mol. The molecule has 0 spiro atoms. The smallest absolute Gasteiger partial charge is 0.258 e. The average molecular weight is 321 g/mol. The molecule has 1 aromatic heterocycles. The van der Waals surface area contributed by atoms with E-state index in [-0.39, 0.29) is 16.4 Å². The van der Waals surface area contributed by atoms with E-state index in [0.29, 0.717) is 12.1 Å². The number of nitro groups is 1. The molecule has 0 N–H and O–H groups in total. The number of halogens is 5. The lowest BCUT2D eigenvalue weighted by atomic mass is 10.1. The molecule has 1 aromatic carbocycles. The second-order valence-electron chi connectivity index (χ2n) is 3.95. The Balaban J connectivity index is 2.68. The minimum atomic E-state index is -4.92. The second kappa shape index (κ2) is 5.28. The standard InChI is InChI=1S/C12H5ClF4N2O2/c13-10-4-3-9(19(20)21)11(18-10)6-1-2-8(14)7(5-6)12(15,16)17/h1-5H. The SMILES string of the molecule is O=[N+]([O-])c1ccc(Cl)nc1-c1ccc(F)c(C(F)(F)F)c1. The Morgan fingerprint density at radius 1 is 1.19 bits per heavy atom. The predicted molar refractivity (Wildman–Crippen MR) is 66.3 cm³/mol. The highest BCUT2D eigenvalue weighted by Crippen LogP contribution is 2.36. The number of hydrogen-bond donors (Lipinski definition) is 0. The predicted octanol–water partition coefficient (Wildman–Crippen LogP) is 4.47. The molecule has 0 unspecified atom stereocenters. The van der Waals surface area contributed by atoms with Crippen LogP contribution in [0.1, 0.15) is 5.56 Å². The van der Waals surface area contributed by atoms with Gasteiger partial charge in [-0.3, -0.25) is 10.1 Å². The second-order valence-corrected chi connectivity index (χ2v) is 4.34. The molecule has 9 heteroatoms. The van der Waals surface area contributed by atoms with Crippen LogP contribution in [-0.4, -0.2) is 9.91 Å². The van der Waals surface area contributed by atoms with E-state index in [4.69, 9.17) is 11.6 Å². The molecule has 0 saturated carbocycles. The van der Waals surface area contributed by atoms with Gasteiger partial charge in [-0.25, -0.2) is 9.37 Å². The molecule has 21 heavy (non-hydrogen) atoms. The molecule has 0 radical (unpaired) electrons. The Labute approximate surface area is 120 Å². The number of alkyl halides is 3. The largest absolute Gasteiger partial charge is 0.419 e. The lowest BCUT2D eigenvalue weighted by Gasteiger charge is -2.10. The van der Waals surface area contributed by atoms with E-state index in [2.05, 4.69) is 4.98 Å². The topological polar surface area (TPSA) is 56.0 Å². The highest BCUT2D eigenvalue weighted by molar-refractivity contribution is 6.29. The van der Waals surface area contributed by atoms with Gasteiger partial charge in [0.25, 0.3) is 5.69 Å². The minimum absolute atomic E-state index is 0.131. The van der Waals surface area contributed by atoms with Crippen molar-refractivity contribution < 1.29 is 22.5 Å². The van der Waals surface area contributed by atoms with E-state index in [1.165, 1.54) is 0 Å². The van der Waals surface area contributed by atoms with Gasteiger partial charge in [-0.2, -0.15) is 13.2 Å². The summed E-state index contributed by atoms with van der Waals surface area (Å²) in [5, 5.41) is 10.8. The molecule has 4 nitrogen and oxygen atoms in total. The molecule has 0 aliphatic rings. The molecule has 2 aromatic rings. The van der Waals surface area contributed by atoms with Gasteiger partial charge in [-0.1, -0.05) is 11.6 Å². The van der Waals surface area contributed by atoms with Gasteiger partial charge >= 0.3 is 6.18 Å². The molecule has 0 fully saturated rings. The van der Waals surface area contributed by atoms with Gasteiger partial charge in [-0.05, 0) is 24.3 Å². The van der Waals surface area contributed by atoms with Crippen LogP contribution in [0.2, 0.25) is 5.15 Å². The molecule has 0 aliphatic carbocycles. The Hall–Kier alpha value is -2.22. The normalized spacial score (nSPS) is 11.5. The Morgan fingerprint density at radius 2 is 1.86 bits per heavy atom. The summed E-state index contributed by atoms with van der Waals surface area (Å²) >= 11 is 5.60. The van der Waals surface area contributed by atoms with Crippen molar-refractivity contribution in [3.63, 3.8) is 0 Å². The van der Waals surface area contributed by atoms with E-state index in [1.54, 1.807) is 0 Å². The molecular weight excluding hydrogens is 316 g/mol. The summed E-state index contributed by atoms with van der Waals surface area (Å²) < 4.78 is 51.2. The minimum Gasteiger partial charge on any atom is -0.258 e. The number of benzene rings is 1. The van der Waals surface area contributed by atoms with Crippen molar-refractivity contribution in [3.8, 4) is 11.3 Å². The van der Waals surface area contributed by atoms with Crippen LogP contribution in [-0.2, 0) is 6.18 Å². The van der Waals surface area contributed by atoms with Crippen LogP contribution in [0.5, 0.6) is 0 Å². The summed E-state index contributed by atoms with van der Waals surface area (Å²) in [4.78, 5) is 13.7. The third-order valence-electron chi connectivity index (χ3n) is 2.58. The van der Waals surface area contributed by atoms with Crippen molar-refractivity contribution in [2.75, 3.05) is 0 Å². The number of nitrogens with zero attached hydrogens (tertiary/aromatic N) is 2. The average Bonchev–Trinajstić information content (AvgIpc) is 2.37. The van der Waals surface area contributed by atoms with Crippen LogP contribution >= 0.6 is 11.6 Å². The van der Waals surface area contributed by atoms with Crippen LogP contribution in [0, 0.1) is 15.9 Å². The Bertz CT molecular complexity index is 719. The van der Waals surface area contributed by atoms with Crippen molar-refractivity contribution in [3.05, 3.63) is 57.0 Å². The number of pyridine rings is 1. The first-order valence-corrected chi connectivity index (χ1v) is 5.76. The summed E-state index contributed by atoms with van der Waals surface area (Å²) in [6.45, 7) is 0. The molecule has 0 saturated heterocycles. The molecule has 1 heterocycles. The van der Waals surface area contributed by atoms with Crippen molar-refractivity contribution in [2.45, 2.75) is 6.18 Å². The summed E-state index contributed by atoms with van der Waals surface area (Å²) in [6, 6.07) is 4.15. The van der Waals surface area contributed by atoms with Gasteiger partial charge in [0.05, 0.1) is 10.5 Å². The van der Waals surface area contributed by atoms with Crippen molar-refractivity contribution in [1.29, 1.82) is 0 Å². The third-order valence-corrected chi connectivity index (χ3v) is 2.79. The van der Waals surface area contributed by atoms with Crippen LogP contribution in [0.15, 0.2) is 30.3 Å². The molecule has 0 aliphatic heterocycles. The molecule has 0 atom stereocenters. The summed E-state index contributed by atoms with van der Waals surface area (Å²) in [6.07, 6.45) is -4.92. The zero-order valence-electron chi connectivity index (χ0n) is 9.99. The highest BCUT2D eigenvalue weighted by atomic mass is 35.5. The van der Waals surface area contributed by atoms with Crippen LogP contribution in [0.4, 0.5) is 23.2 Å². The fourth-order valence-corrected chi connectivity index (χ4v) is 1.83. The number of aromatic nitrogens is 1. The third kappa shape index (κ3) is 3.10. The lowest BCUT2D eigenvalue weighted by molar-refractivity contribution is -0.384. The summed E-state index contributed by atoms with van der Waals surface area (Å²) in [5.74, 6) is -1.48. The van der Waals surface area contributed by atoms with Gasteiger partial charge in [0.2, 0.25) is 0 Å². The first-order valence-electron chi connectivity index (χ1n) is 5.38. The van der Waals surface area contributed by atoms with E-state index >= 15 is 0 Å². The quantitative estimate of drug-likeness (QED) is 0.355. The van der Waals surface area contributed by atoms with E-state index in [9.17, 15) is 27.7 Å². The first kappa shape index (κ1) is 15.2. The molecule has 0 bridgehead atoms. The molecular formula is C12H5ClF4N2O2. The molecule has 0 amide bonds. The van der Waals surface area contributed by atoms with Crippen LogP contribution in [0.3, 0.4) is 0 Å². The first-order chi connectivity index (χ1) is 9.70.